The number of ether oxygens (including phenoxy) is 3. The lowest BCUT2D eigenvalue weighted by Crippen LogP contribution is -2.30. The zero-order valence-electron chi connectivity index (χ0n) is 17.6. The van der Waals surface area contributed by atoms with Gasteiger partial charge in [0.1, 0.15) is 29.2 Å². The monoisotopic (exact) mass is 435 g/mol. The fraction of sp³-hybridized carbons (Fsp3) is 0.240. The minimum Gasteiger partial charge on any atom is -0.497 e. The van der Waals surface area contributed by atoms with Crippen LogP contribution in [0.3, 0.4) is 0 Å². The van der Waals surface area contributed by atoms with Gasteiger partial charge in [-0.05, 0) is 23.8 Å². The lowest BCUT2D eigenvalue weighted by molar-refractivity contribution is 0.0758. The summed E-state index contributed by atoms with van der Waals surface area (Å²) in [6.45, 7) is 1.15. The topological polar surface area (TPSA) is 48.0 Å². The summed E-state index contributed by atoms with van der Waals surface area (Å²) < 4.78 is 16.8. The predicted octanol–water partition coefficient (Wildman–Crippen LogP) is 5.17. The van der Waals surface area contributed by atoms with Crippen LogP contribution < -0.4 is 14.2 Å². The maximum absolute atomic E-state index is 13.4. The fourth-order valence-electron chi connectivity index (χ4n) is 3.58. The second-order valence-corrected chi connectivity index (χ2v) is 8.32. The number of carbonyl (C=O) groups excluding carboxylic acids is 1. The van der Waals surface area contributed by atoms with Crippen LogP contribution in [0.25, 0.3) is 0 Å². The van der Waals surface area contributed by atoms with Crippen LogP contribution in [0.2, 0.25) is 0 Å². The first kappa shape index (κ1) is 21.1. The molecule has 1 atom stereocenters. The number of carbonyl (C=O) groups is 1. The van der Waals surface area contributed by atoms with E-state index in [9.17, 15) is 4.79 Å². The molecule has 3 aromatic rings. The Kier molecular flexibility index (Phi) is 6.67. The number of nitrogens with zero attached hydrogens (tertiary/aromatic N) is 1. The molecule has 1 amide bonds. The van der Waals surface area contributed by atoms with Crippen LogP contribution in [0.4, 0.5) is 0 Å². The van der Waals surface area contributed by atoms with Gasteiger partial charge < -0.3 is 19.1 Å². The first-order valence-electron chi connectivity index (χ1n) is 10.1. The molecule has 0 spiro atoms. The predicted molar refractivity (Wildman–Crippen MR) is 123 cm³/mol. The van der Waals surface area contributed by atoms with E-state index in [-0.39, 0.29) is 11.3 Å². The molecule has 160 valence electrons. The highest BCUT2D eigenvalue weighted by Crippen LogP contribution is 2.43. The van der Waals surface area contributed by atoms with E-state index in [1.165, 1.54) is 0 Å². The van der Waals surface area contributed by atoms with E-state index < -0.39 is 0 Å². The van der Waals surface area contributed by atoms with Gasteiger partial charge in [0.2, 0.25) is 0 Å². The van der Waals surface area contributed by atoms with Gasteiger partial charge in [-0.15, -0.1) is 11.8 Å². The minimum atomic E-state index is -0.114. The zero-order valence-corrected chi connectivity index (χ0v) is 18.4. The molecular formula is C25H25NO4S. The Hall–Kier alpha value is -3.12. The van der Waals surface area contributed by atoms with Gasteiger partial charge in [0.15, 0.2) is 0 Å². The van der Waals surface area contributed by atoms with E-state index in [1.807, 2.05) is 59.5 Å². The van der Waals surface area contributed by atoms with Gasteiger partial charge in [0.25, 0.3) is 5.91 Å². The summed E-state index contributed by atoms with van der Waals surface area (Å²) in [7, 11) is 3.16. The smallest absolute Gasteiger partial charge is 0.255 e. The largest absolute Gasteiger partial charge is 0.497 e. The molecule has 0 N–H and O–H groups in total. The molecule has 0 bridgehead atoms. The van der Waals surface area contributed by atoms with Crippen molar-refractivity contribution in [2.45, 2.75) is 12.0 Å². The van der Waals surface area contributed by atoms with Gasteiger partial charge in [0, 0.05) is 29.5 Å². The summed E-state index contributed by atoms with van der Waals surface area (Å²) in [5, 5.41) is -0.114. The number of rotatable bonds is 7. The molecule has 6 heteroatoms. The van der Waals surface area contributed by atoms with Crippen molar-refractivity contribution in [2.75, 3.05) is 26.5 Å². The Balaban J connectivity index is 1.58. The Morgan fingerprint density at radius 2 is 1.65 bits per heavy atom. The summed E-state index contributed by atoms with van der Waals surface area (Å²) >= 11 is 1.74. The second kappa shape index (κ2) is 9.79. The van der Waals surface area contributed by atoms with E-state index in [0.29, 0.717) is 30.2 Å². The van der Waals surface area contributed by atoms with Crippen LogP contribution in [0.1, 0.15) is 26.9 Å². The number of hydrogen-bond acceptors (Lipinski definition) is 5. The normalized spacial score (nSPS) is 15.5. The molecule has 31 heavy (non-hydrogen) atoms. The van der Waals surface area contributed by atoms with Gasteiger partial charge in [-0.3, -0.25) is 4.79 Å². The summed E-state index contributed by atoms with van der Waals surface area (Å²) in [5.41, 5.74) is 2.66. The summed E-state index contributed by atoms with van der Waals surface area (Å²) in [6, 6.07) is 23.3. The molecule has 1 fully saturated rings. The van der Waals surface area contributed by atoms with E-state index in [0.717, 1.165) is 22.6 Å². The first-order chi connectivity index (χ1) is 15.2. The molecule has 1 aliphatic heterocycles. The van der Waals surface area contributed by atoms with Crippen molar-refractivity contribution in [3.05, 3.63) is 89.5 Å². The van der Waals surface area contributed by atoms with Gasteiger partial charge >= 0.3 is 0 Å². The van der Waals surface area contributed by atoms with Gasteiger partial charge in [-0.25, -0.2) is 0 Å². The van der Waals surface area contributed by atoms with E-state index in [4.69, 9.17) is 14.2 Å². The third-order valence-electron chi connectivity index (χ3n) is 5.17. The third kappa shape index (κ3) is 4.80. The number of para-hydroxylation sites is 1. The summed E-state index contributed by atoms with van der Waals surface area (Å²) in [5.74, 6) is 2.80. The minimum absolute atomic E-state index is 0.0509. The summed E-state index contributed by atoms with van der Waals surface area (Å²) in [4.78, 5) is 15.3. The van der Waals surface area contributed by atoms with Crippen molar-refractivity contribution in [3.63, 3.8) is 0 Å². The number of hydrogen-bond donors (Lipinski definition) is 0. The van der Waals surface area contributed by atoms with Crippen LogP contribution in [0.5, 0.6) is 17.2 Å². The lowest BCUT2D eigenvalue weighted by atomic mass is 10.1. The fourth-order valence-corrected chi connectivity index (χ4v) is 4.86. The molecule has 5 nitrogen and oxygen atoms in total. The maximum Gasteiger partial charge on any atom is 0.255 e. The average Bonchev–Trinajstić information content (AvgIpc) is 3.32. The molecule has 0 radical (unpaired) electrons. The second-order valence-electron chi connectivity index (χ2n) is 7.14. The Labute approximate surface area is 186 Å². The van der Waals surface area contributed by atoms with Crippen molar-refractivity contribution in [2.24, 2.45) is 0 Å². The Morgan fingerprint density at radius 3 is 2.35 bits per heavy atom. The van der Waals surface area contributed by atoms with Crippen molar-refractivity contribution in [1.29, 1.82) is 0 Å². The van der Waals surface area contributed by atoms with Gasteiger partial charge in [0.05, 0.1) is 14.2 Å². The molecule has 1 saturated heterocycles. The lowest BCUT2D eigenvalue weighted by Gasteiger charge is -2.26. The summed E-state index contributed by atoms with van der Waals surface area (Å²) in [6.07, 6.45) is 0. The van der Waals surface area contributed by atoms with Crippen molar-refractivity contribution < 1.29 is 19.0 Å². The average molecular weight is 436 g/mol. The van der Waals surface area contributed by atoms with Crippen LogP contribution in [0, 0.1) is 0 Å². The molecule has 0 saturated carbocycles. The standard InChI is InChI=1S/C25H25NO4S/c1-28-20-14-19(15-21(16-20)29-2)24(27)26-12-13-31-25(26)22-10-6-7-11-23(22)30-17-18-8-4-3-5-9-18/h3-11,14-16,25H,12-13,17H2,1-2H3. The van der Waals surface area contributed by atoms with Crippen LogP contribution in [-0.2, 0) is 6.61 Å². The zero-order chi connectivity index (χ0) is 21.6. The SMILES string of the molecule is COc1cc(OC)cc(C(=O)N2CCSC2c2ccccc2OCc2ccccc2)c1. The molecular weight excluding hydrogens is 410 g/mol. The van der Waals surface area contributed by atoms with Crippen LogP contribution >= 0.6 is 11.8 Å². The molecule has 1 unspecified atom stereocenters. The Bertz CT molecular complexity index is 1020. The quantitative estimate of drug-likeness (QED) is 0.512. The maximum atomic E-state index is 13.4. The van der Waals surface area contributed by atoms with Crippen LogP contribution in [-0.4, -0.2) is 37.3 Å². The molecule has 1 aliphatic rings. The highest BCUT2D eigenvalue weighted by atomic mass is 32.2. The van der Waals surface area contributed by atoms with E-state index in [1.54, 1.807) is 44.2 Å². The number of amides is 1. The van der Waals surface area contributed by atoms with Crippen molar-refractivity contribution >= 4 is 17.7 Å². The first-order valence-corrected chi connectivity index (χ1v) is 11.2. The van der Waals surface area contributed by atoms with Crippen LogP contribution in [0.15, 0.2) is 72.8 Å². The molecule has 1 heterocycles. The van der Waals surface area contributed by atoms with Gasteiger partial charge in [-0.2, -0.15) is 0 Å². The highest BCUT2D eigenvalue weighted by molar-refractivity contribution is 7.99. The molecule has 3 aromatic carbocycles. The number of methoxy groups -OCH3 is 2. The van der Waals surface area contributed by atoms with Gasteiger partial charge in [-0.1, -0.05) is 48.5 Å². The highest BCUT2D eigenvalue weighted by Gasteiger charge is 2.33. The van der Waals surface area contributed by atoms with Crippen molar-refractivity contribution in [1.82, 2.24) is 4.90 Å². The third-order valence-corrected chi connectivity index (χ3v) is 6.41. The van der Waals surface area contributed by atoms with E-state index in [2.05, 4.69) is 0 Å². The van der Waals surface area contributed by atoms with Crippen molar-refractivity contribution in [3.8, 4) is 17.2 Å². The Morgan fingerprint density at radius 1 is 0.968 bits per heavy atom. The molecule has 0 aromatic heterocycles. The number of benzene rings is 3. The molecule has 0 aliphatic carbocycles. The number of thioether (sulfide) groups is 1. The van der Waals surface area contributed by atoms with E-state index >= 15 is 0 Å². The molecule has 4 rings (SSSR count).